The highest BCUT2D eigenvalue weighted by Crippen LogP contribution is 2.25. The van der Waals surface area contributed by atoms with E-state index in [9.17, 15) is 4.79 Å². The van der Waals surface area contributed by atoms with Gasteiger partial charge in [-0.2, -0.15) is 5.26 Å². The molecule has 0 unspecified atom stereocenters. The summed E-state index contributed by atoms with van der Waals surface area (Å²) in [6.45, 7) is 0. The van der Waals surface area contributed by atoms with E-state index in [1.165, 1.54) is 36.2 Å². The van der Waals surface area contributed by atoms with Gasteiger partial charge in [-0.25, -0.2) is 14.8 Å². The zero-order chi connectivity index (χ0) is 13.0. The van der Waals surface area contributed by atoms with Gasteiger partial charge < -0.3 is 5.11 Å². The highest BCUT2D eigenvalue weighted by atomic mass is 32.2. The van der Waals surface area contributed by atoms with Gasteiger partial charge in [0, 0.05) is 11.1 Å². The Labute approximate surface area is 107 Å². The molecule has 0 aliphatic carbocycles. The van der Waals surface area contributed by atoms with E-state index in [-0.39, 0.29) is 11.3 Å². The van der Waals surface area contributed by atoms with E-state index in [2.05, 4.69) is 9.97 Å². The van der Waals surface area contributed by atoms with Crippen LogP contribution < -0.4 is 0 Å². The number of benzene rings is 1. The van der Waals surface area contributed by atoms with Crippen molar-refractivity contribution in [1.82, 2.24) is 9.97 Å². The van der Waals surface area contributed by atoms with E-state index in [0.717, 1.165) is 0 Å². The van der Waals surface area contributed by atoms with Gasteiger partial charge >= 0.3 is 5.97 Å². The molecule has 1 N–H and O–H groups in total. The Bertz CT molecular complexity index is 637. The van der Waals surface area contributed by atoms with Gasteiger partial charge in [0.2, 0.25) is 0 Å². The first-order valence-electron chi connectivity index (χ1n) is 4.93. The summed E-state index contributed by atoms with van der Waals surface area (Å²) in [7, 11) is 0. The van der Waals surface area contributed by atoms with Crippen LogP contribution in [0.1, 0.15) is 16.1 Å². The molecular weight excluding hydrogens is 250 g/mol. The first-order chi connectivity index (χ1) is 8.69. The number of nitrogens with zero attached hydrogens (tertiary/aromatic N) is 3. The molecule has 0 fully saturated rings. The summed E-state index contributed by atoms with van der Waals surface area (Å²) < 4.78 is 0. The number of hydrogen-bond donors (Lipinski definition) is 1. The molecule has 2 rings (SSSR count). The number of hydrogen-bond acceptors (Lipinski definition) is 5. The van der Waals surface area contributed by atoms with Crippen molar-refractivity contribution in [2.75, 3.05) is 0 Å². The Morgan fingerprint density at radius 1 is 1.39 bits per heavy atom. The third-order valence-electron chi connectivity index (χ3n) is 2.04. The van der Waals surface area contributed by atoms with Crippen LogP contribution in [0.3, 0.4) is 0 Å². The van der Waals surface area contributed by atoms with Crippen molar-refractivity contribution in [2.45, 2.75) is 10.1 Å². The lowest BCUT2D eigenvalue weighted by molar-refractivity contribution is 0.0696. The Morgan fingerprint density at radius 2 is 2.22 bits per heavy atom. The third kappa shape index (κ3) is 2.84. The molecular formula is C12H7N3O2S. The Kier molecular flexibility index (Phi) is 3.55. The molecule has 0 atom stereocenters. The minimum Gasteiger partial charge on any atom is -0.478 e. The van der Waals surface area contributed by atoms with Gasteiger partial charge in [-0.1, -0.05) is 6.07 Å². The maximum Gasteiger partial charge on any atom is 0.335 e. The van der Waals surface area contributed by atoms with E-state index < -0.39 is 5.97 Å². The minimum atomic E-state index is -0.982. The predicted molar refractivity (Wildman–Crippen MR) is 64.3 cm³/mol. The van der Waals surface area contributed by atoms with Crippen molar-refractivity contribution in [2.24, 2.45) is 0 Å². The lowest BCUT2D eigenvalue weighted by Gasteiger charge is -2.01. The van der Waals surface area contributed by atoms with Crippen LogP contribution in [0, 0.1) is 11.3 Å². The van der Waals surface area contributed by atoms with Gasteiger partial charge in [0.1, 0.15) is 11.8 Å². The van der Waals surface area contributed by atoms with Gasteiger partial charge in [-0.15, -0.1) is 0 Å². The van der Waals surface area contributed by atoms with Gasteiger partial charge in [0.05, 0.1) is 5.56 Å². The molecule has 0 saturated carbocycles. The molecule has 1 heterocycles. The fourth-order valence-electron chi connectivity index (χ4n) is 1.25. The summed E-state index contributed by atoms with van der Waals surface area (Å²) in [6.07, 6.45) is 1.49. The highest BCUT2D eigenvalue weighted by Gasteiger charge is 2.06. The van der Waals surface area contributed by atoms with Crippen molar-refractivity contribution < 1.29 is 9.90 Å². The van der Waals surface area contributed by atoms with Crippen LogP contribution in [0.5, 0.6) is 0 Å². The highest BCUT2D eigenvalue weighted by molar-refractivity contribution is 7.99. The molecule has 0 radical (unpaired) electrons. The molecule has 0 aliphatic rings. The SMILES string of the molecule is N#Cc1ccnc(Sc2cccc(C(=O)O)c2)n1. The van der Waals surface area contributed by atoms with Crippen LogP contribution in [0.2, 0.25) is 0 Å². The fourth-order valence-corrected chi connectivity index (χ4v) is 2.05. The van der Waals surface area contributed by atoms with E-state index in [4.69, 9.17) is 10.4 Å². The second-order valence-corrected chi connectivity index (χ2v) is 4.31. The zero-order valence-electron chi connectivity index (χ0n) is 9.07. The molecule has 18 heavy (non-hydrogen) atoms. The van der Waals surface area contributed by atoms with Crippen molar-refractivity contribution in [3.05, 3.63) is 47.8 Å². The van der Waals surface area contributed by atoms with Gasteiger partial charge in [-0.3, -0.25) is 0 Å². The fraction of sp³-hybridized carbons (Fsp3) is 0. The number of carbonyl (C=O) groups is 1. The molecule has 6 heteroatoms. The molecule has 0 aliphatic heterocycles. The lowest BCUT2D eigenvalue weighted by atomic mass is 10.2. The first-order valence-corrected chi connectivity index (χ1v) is 5.75. The smallest absolute Gasteiger partial charge is 0.335 e. The number of carboxylic acids is 1. The third-order valence-corrected chi connectivity index (χ3v) is 2.91. The second kappa shape index (κ2) is 5.29. The molecule has 1 aromatic carbocycles. The molecule has 88 valence electrons. The van der Waals surface area contributed by atoms with E-state index >= 15 is 0 Å². The summed E-state index contributed by atoms with van der Waals surface area (Å²) in [6, 6.07) is 9.90. The van der Waals surface area contributed by atoms with Crippen LogP contribution in [0.15, 0.2) is 46.6 Å². The molecule has 2 aromatic rings. The number of carboxylic acid groups (broad SMARTS) is 1. The maximum absolute atomic E-state index is 10.8. The molecule has 0 spiro atoms. The van der Waals surface area contributed by atoms with Crippen LogP contribution in [0.25, 0.3) is 0 Å². The molecule has 0 bridgehead atoms. The largest absolute Gasteiger partial charge is 0.478 e. The summed E-state index contributed by atoms with van der Waals surface area (Å²) in [5.41, 5.74) is 0.485. The topological polar surface area (TPSA) is 86.9 Å². The normalized spacial score (nSPS) is 9.72. The Morgan fingerprint density at radius 3 is 2.94 bits per heavy atom. The quantitative estimate of drug-likeness (QED) is 0.848. The van der Waals surface area contributed by atoms with Gasteiger partial charge in [0.15, 0.2) is 5.16 Å². The predicted octanol–water partition coefficient (Wildman–Crippen LogP) is 2.20. The van der Waals surface area contributed by atoms with Gasteiger partial charge in [-0.05, 0) is 36.0 Å². The second-order valence-electron chi connectivity index (χ2n) is 3.27. The Hall–Kier alpha value is -2.39. The van der Waals surface area contributed by atoms with Crippen molar-refractivity contribution >= 4 is 17.7 Å². The Balaban J connectivity index is 2.26. The van der Waals surface area contributed by atoms with Crippen LogP contribution >= 0.6 is 11.8 Å². The van der Waals surface area contributed by atoms with Crippen molar-refractivity contribution in [3.63, 3.8) is 0 Å². The minimum absolute atomic E-state index is 0.205. The van der Waals surface area contributed by atoms with Crippen LogP contribution in [-0.2, 0) is 0 Å². The van der Waals surface area contributed by atoms with E-state index in [1.54, 1.807) is 12.1 Å². The number of rotatable bonds is 3. The van der Waals surface area contributed by atoms with Crippen molar-refractivity contribution in [1.29, 1.82) is 5.26 Å². The van der Waals surface area contributed by atoms with Crippen molar-refractivity contribution in [3.8, 4) is 6.07 Å². The monoisotopic (exact) mass is 257 g/mol. The summed E-state index contributed by atoms with van der Waals surface area (Å²) >= 11 is 1.21. The van der Waals surface area contributed by atoms with Crippen LogP contribution in [0.4, 0.5) is 0 Å². The zero-order valence-corrected chi connectivity index (χ0v) is 9.89. The molecule has 1 aromatic heterocycles. The van der Waals surface area contributed by atoms with Crippen LogP contribution in [-0.4, -0.2) is 21.0 Å². The summed E-state index contributed by atoms with van der Waals surface area (Å²) in [5.74, 6) is -0.982. The average Bonchev–Trinajstić information content (AvgIpc) is 2.39. The summed E-state index contributed by atoms with van der Waals surface area (Å²) in [4.78, 5) is 19.6. The molecule has 0 saturated heterocycles. The lowest BCUT2D eigenvalue weighted by Crippen LogP contribution is -1.95. The number of aromatic carboxylic acids is 1. The van der Waals surface area contributed by atoms with E-state index in [0.29, 0.717) is 10.1 Å². The average molecular weight is 257 g/mol. The van der Waals surface area contributed by atoms with Gasteiger partial charge in [0.25, 0.3) is 0 Å². The number of aromatic nitrogens is 2. The maximum atomic E-state index is 10.8. The number of nitriles is 1. The summed E-state index contributed by atoms with van der Waals surface area (Å²) in [5, 5.41) is 18.0. The van der Waals surface area contributed by atoms with E-state index in [1.807, 2.05) is 6.07 Å². The molecule has 0 amide bonds. The first kappa shape index (κ1) is 12.1. The molecule has 5 nitrogen and oxygen atoms in total. The standard InChI is InChI=1S/C12H7N3O2S/c13-7-9-4-5-14-12(15-9)18-10-3-1-2-8(6-10)11(16)17/h1-6H,(H,16,17).